The van der Waals surface area contributed by atoms with Crippen LogP contribution < -0.4 is 9.47 Å². The average molecular weight is 402 g/mol. The van der Waals surface area contributed by atoms with Crippen molar-refractivity contribution in [1.82, 2.24) is 9.88 Å². The molecule has 2 aliphatic heterocycles. The highest BCUT2D eigenvalue weighted by Gasteiger charge is 2.31. The number of carbonyl (C=O) groups is 1. The maximum Gasteiger partial charge on any atom is 0.255 e. The number of ether oxygens (including phenoxy) is 2. The first kappa shape index (κ1) is 18.9. The Balaban J connectivity index is 1.62. The second kappa shape index (κ2) is 7.63. The van der Waals surface area contributed by atoms with E-state index in [0.29, 0.717) is 18.8 Å². The van der Waals surface area contributed by atoms with Gasteiger partial charge in [0.05, 0.1) is 16.8 Å². The molecule has 0 unspecified atom stereocenters. The number of hydrogen-bond acceptors (Lipinski definition) is 4. The second-order valence-electron chi connectivity index (χ2n) is 8.27. The average Bonchev–Trinajstić information content (AvgIpc) is 2.77. The predicted octanol–water partition coefficient (Wildman–Crippen LogP) is 5.08. The Morgan fingerprint density at radius 2 is 1.70 bits per heavy atom. The smallest absolute Gasteiger partial charge is 0.255 e. The van der Waals surface area contributed by atoms with Crippen LogP contribution in [-0.2, 0) is 0 Å². The van der Waals surface area contributed by atoms with Gasteiger partial charge in [-0.15, -0.1) is 0 Å². The molecule has 3 heterocycles. The Hall–Kier alpha value is -3.08. The largest absolute Gasteiger partial charge is 0.486 e. The molecule has 0 radical (unpaired) electrons. The number of aromatic nitrogens is 1. The van der Waals surface area contributed by atoms with Gasteiger partial charge >= 0.3 is 0 Å². The van der Waals surface area contributed by atoms with Gasteiger partial charge in [0, 0.05) is 23.0 Å². The van der Waals surface area contributed by atoms with E-state index in [1.807, 2.05) is 48.5 Å². The highest BCUT2D eigenvalue weighted by Crippen LogP contribution is 2.35. The van der Waals surface area contributed by atoms with Crippen molar-refractivity contribution in [2.24, 2.45) is 0 Å². The number of para-hydroxylation sites is 1. The summed E-state index contributed by atoms with van der Waals surface area (Å²) in [6.07, 6.45) is 3.27. The molecule has 5 rings (SSSR count). The van der Waals surface area contributed by atoms with E-state index in [1.165, 1.54) is 6.42 Å². The third-order valence-electron chi connectivity index (χ3n) is 6.21. The van der Waals surface area contributed by atoms with E-state index in [0.717, 1.165) is 46.5 Å². The van der Waals surface area contributed by atoms with Crippen molar-refractivity contribution in [1.29, 1.82) is 0 Å². The molecule has 1 amide bonds. The maximum atomic E-state index is 13.7. The summed E-state index contributed by atoms with van der Waals surface area (Å²) < 4.78 is 11.4. The van der Waals surface area contributed by atoms with Crippen molar-refractivity contribution in [3.05, 3.63) is 54.1 Å². The van der Waals surface area contributed by atoms with Gasteiger partial charge in [-0.1, -0.05) is 18.2 Å². The zero-order valence-electron chi connectivity index (χ0n) is 17.4. The number of rotatable bonds is 2. The van der Waals surface area contributed by atoms with Gasteiger partial charge in [0.2, 0.25) is 0 Å². The van der Waals surface area contributed by atoms with Crippen LogP contribution in [0.3, 0.4) is 0 Å². The Kier molecular flexibility index (Phi) is 4.81. The monoisotopic (exact) mass is 402 g/mol. The van der Waals surface area contributed by atoms with Crippen LogP contribution in [0.2, 0.25) is 0 Å². The van der Waals surface area contributed by atoms with Crippen LogP contribution in [0.5, 0.6) is 11.5 Å². The molecule has 3 aromatic rings. The van der Waals surface area contributed by atoms with Crippen molar-refractivity contribution in [3.63, 3.8) is 0 Å². The molecule has 1 fully saturated rings. The first-order valence-corrected chi connectivity index (χ1v) is 10.7. The van der Waals surface area contributed by atoms with Crippen LogP contribution in [0.25, 0.3) is 22.2 Å². The number of piperidine rings is 1. The summed E-state index contributed by atoms with van der Waals surface area (Å²) in [5.74, 6) is 1.56. The lowest BCUT2D eigenvalue weighted by atomic mass is 9.95. The second-order valence-corrected chi connectivity index (χ2v) is 8.27. The number of benzene rings is 2. The lowest BCUT2D eigenvalue weighted by molar-refractivity contribution is 0.0513. The number of likely N-dealkylation sites (tertiary alicyclic amines) is 1. The molecule has 2 aliphatic rings. The molecule has 5 nitrogen and oxygen atoms in total. The van der Waals surface area contributed by atoms with Crippen molar-refractivity contribution in [3.8, 4) is 22.8 Å². The number of pyridine rings is 1. The van der Waals surface area contributed by atoms with Gasteiger partial charge < -0.3 is 14.4 Å². The lowest BCUT2D eigenvalue weighted by Gasteiger charge is -2.39. The first-order chi connectivity index (χ1) is 14.6. The van der Waals surface area contributed by atoms with Gasteiger partial charge in [0.15, 0.2) is 11.5 Å². The molecule has 1 saturated heterocycles. The highest BCUT2D eigenvalue weighted by molar-refractivity contribution is 6.07. The molecule has 2 atom stereocenters. The Morgan fingerprint density at radius 3 is 2.50 bits per heavy atom. The SMILES string of the molecule is C[C@H]1CCC[C@H](C)N1C(=O)c1cc(-c2ccc3c(c2)OCCO3)nc2ccccc12. The summed E-state index contributed by atoms with van der Waals surface area (Å²) in [7, 11) is 0. The fourth-order valence-corrected chi connectivity index (χ4v) is 4.66. The molecule has 154 valence electrons. The van der Waals surface area contributed by atoms with E-state index in [9.17, 15) is 4.79 Å². The van der Waals surface area contributed by atoms with Crippen molar-refractivity contribution < 1.29 is 14.3 Å². The van der Waals surface area contributed by atoms with Crippen molar-refractivity contribution >= 4 is 16.8 Å². The Labute approximate surface area is 176 Å². The zero-order valence-corrected chi connectivity index (χ0v) is 17.4. The number of carbonyl (C=O) groups excluding carboxylic acids is 1. The number of nitrogens with zero attached hydrogens (tertiary/aromatic N) is 2. The molecule has 1 aromatic heterocycles. The van der Waals surface area contributed by atoms with Gasteiger partial charge in [0.25, 0.3) is 5.91 Å². The summed E-state index contributed by atoms with van der Waals surface area (Å²) in [6, 6.07) is 16.1. The normalized spacial score (nSPS) is 20.9. The molecular formula is C25H26N2O3. The minimum atomic E-state index is 0.0899. The van der Waals surface area contributed by atoms with Crippen LogP contribution in [0.15, 0.2) is 48.5 Å². The van der Waals surface area contributed by atoms with Gasteiger partial charge in [-0.2, -0.15) is 0 Å². The van der Waals surface area contributed by atoms with E-state index < -0.39 is 0 Å². The van der Waals surface area contributed by atoms with Gasteiger partial charge in [-0.25, -0.2) is 4.98 Å². The van der Waals surface area contributed by atoms with Crippen LogP contribution in [-0.4, -0.2) is 41.1 Å². The molecule has 0 bridgehead atoms. The summed E-state index contributed by atoms with van der Waals surface area (Å²) in [5.41, 5.74) is 3.22. The van der Waals surface area contributed by atoms with E-state index in [-0.39, 0.29) is 18.0 Å². The number of fused-ring (bicyclic) bond motifs is 2. The molecule has 5 heteroatoms. The summed E-state index contributed by atoms with van der Waals surface area (Å²) >= 11 is 0. The Bertz CT molecular complexity index is 1100. The molecular weight excluding hydrogens is 376 g/mol. The number of hydrogen-bond donors (Lipinski definition) is 0. The fraction of sp³-hybridized carbons (Fsp3) is 0.360. The van der Waals surface area contributed by atoms with Gasteiger partial charge in [-0.3, -0.25) is 4.79 Å². The number of amides is 1. The van der Waals surface area contributed by atoms with Crippen LogP contribution in [0.1, 0.15) is 43.5 Å². The quantitative estimate of drug-likeness (QED) is 0.600. The van der Waals surface area contributed by atoms with E-state index in [2.05, 4.69) is 18.7 Å². The third kappa shape index (κ3) is 3.28. The molecule has 30 heavy (non-hydrogen) atoms. The molecule has 2 aromatic carbocycles. The highest BCUT2D eigenvalue weighted by atomic mass is 16.6. The minimum Gasteiger partial charge on any atom is -0.486 e. The van der Waals surface area contributed by atoms with Crippen molar-refractivity contribution in [2.45, 2.75) is 45.2 Å². The molecule has 0 spiro atoms. The fourth-order valence-electron chi connectivity index (χ4n) is 4.66. The Morgan fingerprint density at radius 1 is 0.967 bits per heavy atom. The topological polar surface area (TPSA) is 51.7 Å². The van der Waals surface area contributed by atoms with E-state index in [1.54, 1.807) is 0 Å². The van der Waals surface area contributed by atoms with E-state index in [4.69, 9.17) is 14.5 Å². The zero-order chi connectivity index (χ0) is 20.7. The molecule has 0 saturated carbocycles. The van der Waals surface area contributed by atoms with E-state index >= 15 is 0 Å². The maximum absolute atomic E-state index is 13.7. The standard InChI is InChI=1S/C25H26N2O3/c1-16-6-5-7-17(2)27(16)25(28)20-15-22(26-21-9-4-3-8-19(20)21)18-10-11-23-24(14-18)30-13-12-29-23/h3-4,8-11,14-17H,5-7,12-13H2,1-2H3/t16-,17-/m0/s1. The molecule has 0 N–H and O–H groups in total. The first-order valence-electron chi connectivity index (χ1n) is 10.7. The van der Waals surface area contributed by atoms with Crippen LogP contribution >= 0.6 is 0 Å². The predicted molar refractivity (Wildman–Crippen MR) is 117 cm³/mol. The van der Waals surface area contributed by atoms with Gasteiger partial charge in [0.1, 0.15) is 13.2 Å². The summed E-state index contributed by atoms with van der Waals surface area (Å²) in [6.45, 7) is 5.40. The summed E-state index contributed by atoms with van der Waals surface area (Å²) in [5, 5.41) is 0.897. The third-order valence-corrected chi connectivity index (χ3v) is 6.21. The van der Waals surface area contributed by atoms with Crippen molar-refractivity contribution in [2.75, 3.05) is 13.2 Å². The minimum absolute atomic E-state index is 0.0899. The molecule has 0 aliphatic carbocycles. The summed E-state index contributed by atoms with van der Waals surface area (Å²) in [4.78, 5) is 20.6. The van der Waals surface area contributed by atoms with Gasteiger partial charge in [-0.05, 0) is 63.4 Å². The van der Waals surface area contributed by atoms with Crippen LogP contribution in [0.4, 0.5) is 0 Å². The van der Waals surface area contributed by atoms with Crippen LogP contribution in [0, 0.1) is 0 Å². The lowest BCUT2D eigenvalue weighted by Crippen LogP contribution is -2.47.